The standard InChI is InChI=1S/C16H16N4O2/c21-15-10-20(14-4-2-1-3-13(14)18-15)16(22)12-7-17-19(9-12)8-11-5-6-11/h1-4,7,9,11H,5-6,8,10H2,(H,18,21). The Bertz CT molecular complexity index is 748. The SMILES string of the molecule is O=C1CN(C(=O)c2cnn(CC3CC3)c2)c2ccccc2N1. The van der Waals surface area contributed by atoms with Gasteiger partial charge in [0.2, 0.25) is 5.91 Å². The van der Waals surface area contributed by atoms with E-state index in [2.05, 4.69) is 10.4 Å². The highest BCUT2D eigenvalue weighted by molar-refractivity contribution is 6.14. The lowest BCUT2D eigenvalue weighted by molar-refractivity contribution is -0.115. The van der Waals surface area contributed by atoms with Crippen molar-refractivity contribution in [1.29, 1.82) is 0 Å². The lowest BCUT2D eigenvalue weighted by atomic mass is 10.1. The molecule has 2 aliphatic rings. The Labute approximate surface area is 127 Å². The average Bonchev–Trinajstić information content (AvgIpc) is 3.21. The van der Waals surface area contributed by atoms with Gasteiger partial charge in [0.05, 0.1) is 23.1 Å². The normalized spacial score (nSPS) is 17.1. The summed E-state index contributed by atoms with van der Waals surface area (Å²) < 4.78 is 1.82. The maximum absolute atomic E-state index is 12.7. The van der Waals surface area contributed by atoms with Gasteiger partial charge in [-0.15, -0.1) is 0 Å². The van der Waals surface area contributed by atoms with Gasteiger partial charge in [0.15, 0.2) is 0 Å². The van der Waals surface area contributed by atoms with Crippen molar-refractivity contribution in [3.63, 3.8) is 0 Å². The Kier molecular flexibility index (Phi) is 2.96. The molecule has 0 atom stereocenters. The number of aromatic nitrogens is 2. The van der Waals surface area contributed by atoms with E-state index in [9.17, 15) is 9.59 Å². The fraction of sp³-hybridized carbons (Fsp3) is 0.312. The van der Waals surface area contributed by atoms with Crippen LogP contribution in [0.1, 0.15) is 23.2 Å². The summed E-state index contributed by atoms with van der Waals surface area (Å²) in [5.74, 6) is 0.325. The number of hydrogen-bond donors (Lipinski definition) is 1. The van der Waals surface area contributed by atoms with Gasteiger partial charge < -0.3 is 5.32 Å². The van der Waals surface area contributed by atoms with Crippen molar-refractivity contribution in [2.24, 2.45) is 5.92 Å². The number of anilines is 2. The maximum atomic E-state index is 12.7. The Morgan fingerprint density at radius 3 is 2.95 bits per heavy atom. The number of nitrogens with one attached hydrogen (secondary N) is 1. The Morgan fingerprint density at radius 1 is 1.32 bits per heavy atom. The van der Waals surface area contributed by atoms with Crippen LogP contribution in [0.2, 0.25) is 0 Å². The third kappa shape index (κ3) is 2.36. The molecule has 0 radical (unpaired) electrons. The molecule has 1 saturated carbocycles. The number of rotatable bonds is 3. The second kappa shape index (κ2) is 4.98. The molecular formula is C16H16N4O2. The number of nitrogens with zero attached hydrogens (tertiary/aromatic N) is 3. The highest BCUT2D eigenvalue weighted by atomic mass is 16.2. The van der Waals surface area contributed by atoms with E-state index in [4.69, 9.17) is 0 Å². The fourth-order valence-electron chi connectivity index (χ4n) is 2.71. The predicted molar refractivity (Wildman–Crippen MR) is 81.7 cm³/mol. The first-order chi connectivity index (χ1) is 10.7. The molecule has 4 rings (SSSR count). The summed E-state index contributed by atoms with van der Waals surface area (Å²) in [6.45, 7) is 0.897. The minimum absolute atomic E-state index is 0.0314. The van der Waals surface area contributed by atoms with Crippen molar-refractivity contribution in [2.75, 3.05) is 16.8 Å². The van der Waals surface area contributed by atoms with Crippen molar-refractivity contribution in [3.8, 4) is 0 Å². The fourth-order valence-corrected chi connectivity index (χ4v) is 2.71. The first-order valence-corrected chi connectivity index (χ1v) is 7.44. The van der Waals surface area contributed by atoms with Gasteiger partial charge in [0.1, 0.15) is 6.54 Å². The van der Waals surface area contributed by atoms with E-state index in [0.29, 0.717) is 17.2 Å². The molecule has 2 heterocycles. The van der Waals surface area contributed by atoms with Gasteiger partial charge in [-0.2, -0.15) is 5.10 Å². The summed E-state index contributed by atoms with van der Waals surface area (Å²) in [5.41, 5.74) is 1.91. The topological polar surface area (TPSA) is 67.2 Å². The van der Waals surface area contributed by atoms with Crippen LogP contribution in [0.15, 0.2) is 36.7 Å². The summed E-state index contributed by atoms with van der Waals surface area (Å²) in [6.07, 6.45) is 5.83. The van der Waals surface area contributed by atoms with Crippen LogP contribution in [0, 0.1) is 5.92 Å². The number of amides is 2. The molecule has 1 fully saturated rings. The van der Waals surface area contributed by atoms with Crippen LogP contribution in [0.4, 0.5) is 11.4 Å². The lowest BCUT2D eigenvalue weighted by Crippen LogP contribution is -2.42. The second-order valence-corrected chi connectivity index (χ2v) is 5.85. The van der Waals surface area contributed by atoms with E-state index >= 15 is 0 Å². The smallest absolute Gasteiger partial charge is 0.262 e. The molecule has 112 valence electrons. The van der Waals surface area contributed by atoms with E-state index < -0.39 is 0 Å². The summed E-state index contributed by atoms with van der Waals surface area (Å²) in [4.78, 5) is 26.0. The molecule has 1 aromatic heterocycles. The van der Waals surface area contributed by atoms with Crippen LogP contribution in [0.25, 0.3) is 0 Å². The van der Waals surface area contributed by atoms with Crippen LogP contribution in [0.5, 0.6) is 0 Å². The first-order valence-electron chi connectivity index (χ1n) is 7.44. The van der Waals surface area contributed by atoms with Crippen LogP contribution < -0.4 is 10.2 Å². The van der Waals surface area contributed by atoms with Gasteiger partial charge in [-0.05, 0) is 30.9 Å². The summed E-state index contributed by atoms with van der Waals surface area (Å²) in [6, 6.07) is 7.32. The molecule has 1 aliphatic carbocycles. The minimum atomic E-state index is -0.190. The van der Waals surface area contributed by atoms with E-state index in [0.717, 1.165) is 12.2 Å². The van der Waals surface area contributed by atoms with E-state index in [-0.39, 0.29) is 18.4 Å². The third-order valence-corrected chi connectivity index (χ3v) is 4.04. The molecule has 0 bridgehead atoms. The summed E-state index contributed by atoms with van der Waals surface area (Å²) >= 11 is 0. The predicted octanol–water partition coefficient (Wildman–Crippen LogP) is 1.89. The number of carbonyl (C=O) groups is 2. The molecule has 6 nitrogen and oxygen atoms in total. The molecule has 22 heavy (non-hydrogen) atoms. The number of para-hydroxylation sites is 2. The largest absolute Gasteiger partial charge is 0.323 e. The number of fused-ring (bicyclic) bond motifs is 1. The van der Waals surface area contributed by atoms with E-state index in [1.165, 1.54) is 17.7 Å². The second-order valence-electron chi connectivity index (χ2n) is 5.85. The molecule has 2 aromatic rings. The van der Waals surface area contributed by atoms with Gasteiger partial charge >= 0.3 is 0 Å². The molecule has 6 heteroatoms. The zero-order valence-corrected chi connectivity index (χ0v) is 12.0. The van der Waals surface area contributed by atoms with Gasteiger partial charge in [-0.25, -0.2) is 0 Å². The number of carbonyl (C=O) groups excluding carboxylic acids is 2. The first kappa shape index (κ1) is 13.1. The Hall–Kier alpha value is -2.63. The van der Waals surface area contributed by atoms with Crippen molar-refractivity contribution < 1.29 is 9.59 Å². The van der Waals surface area contributed by atoms with Crippen LogP contribution in [-0.4, -0.2) is 28.1 Å². The van der Waals surface area contributed by atoms with Crippen LogP contribution in [0.3, 0.4) is 0 Å². The van der Waals surface area contributed by atoms with E-state index in [1.807, 2.05) is 22.9 Å². The van der Waals surface area contributed by atoms with E-state index in [1.54, 1.807) is 18.5 Å². The molecule has 2 amide bonds. The van der Waals surface area contributed by atoms with Crippen molar-refractivity contribution >= 4 is 23.2 Å². The molecule has 1 aliphatic heterocycles. The molecule has 0 spiro atoms. The highest BCUT2D eigenvalue weighted by Crippen LogP contribution is 2.31. The molecule has 1 N–H and O–H groups in total. The zero-order valence-electron chi connectivity index (χ0n) is 12.0. The number of hydrogen-bond acceptors (Lipinski definition) is 3. The van der Waals surface area contributed by atoms with Crippen molar-refractivity contribution in [3.05, 3.63) is 42.2 Å². The number of benzene rings is 1. The summed E-state index contributed by atoms with van der Waals surface area (Å²) in [5, 5.41) is 7.04. The Balaban J connectivity index is 1.61. The maximum Gasteiger partial charge on any atom is 0.262 e. The minimum Gasteiger partial charge on any atom is -0.323 e. The monoisotopic (exact) mass is 296 g/mol. The van der Waals surface area contributed by atoms with Gasteiger partial charge in [0.25, 0.3) is 5.91 Å². The van der Waals surface area contributed by atoms with Crippen LogP contribution in [-0.2, 0) is 11.3 Å². The quantitative estimate of drug-likeness (QED) is 0.940. The summed E-state index contributed by atoms with van der Waals surface area (Å²) in [7, 11) is 0. The Morgan fingerprint density at radius 2 is 2.14 bits per heavy atom. The molecule has 0 saturated heterocycles. The van der Waals surface area contributed by atoms with Gasteiger partial charge in [0, 0.05) is 12.7 Å². The highest BCUT2D eigenvalue weighted by Gasteiger charge is 2.28. The average molecular weight is 296 g/mol. The van der Waals surface area contributed by atoms with Crippen molar-refractivity contribution in [2.45, 2.75) is 19.4 Å². The van der Waals surface area contributed by atoms with Crippen LogP contribution >= 0.6 is 0 Å². The third-order valence-electron chi connectivity index (χ3n) is 4.04. The zero-order chi connectivity index (χ0) is 15.1. The van der Waals surface area contributed by atoms with Gasteiger partial charge in [-0.3, -0.25) is 19.2 Å². The van der Waals surface area contributed by atoms with Gasteiger partial charge in [-0.1, -0.05) is 12.1 Å². The molecule has 0 unspecified atom stereocenters. The molecule has 1 aromatic carbocycles. The molecular weight excluding hydrogens is 280 g/mol. The lowest BCUT2D eigenvalue weighted by Gasteiger charge is -2.28. The van der Waals surface area contributed by atoms with Crippen molar-refractivity contribution in [1.82, 2.24) is 9.78 Å².